The summed E-state index contributed by atoms with van der Waals surface area (Å²) in [5, 5.41) is 24.3. The van der Waals surface area contributed by atoms with Gasteiger partial charge in [0.05, 0.1) is 26.9 Å². The fourth-order valence-corrected chi connectivity index (χ4v) is 3.83. The minimum absolute atomic E-state index is 0.101. The third-order valence-electron chi connectivity index (χ3n) is 4.88. The quantitative estimate of drug-likeness (QED) is 0.472. The van der Waals surface area contributed by atoms with Gasteiger partial charge in [-0.2, -0.15) is 9.78 Å². The fraction of sp³-hybridized carbons (Fsp3) is 0.273. The van der Waals surface area contributed by atoms with Crippen molar-refractivity contribution < 1.29 is 27.8 Å². The first kappa shape index (κ1) is 25.0. The molecule has 8 nitrogen and oxygen atoms in total. The van der Waals surface area contributed by atoms with Crippen LogP contribution in [0.4, 0.5) is 4.39 Å². The average molecular weight is 541 g/mol. The summed E-state index contributed by atoms with van der Waals surface area (Å²) in [7, 11) is -3.42. The number of aliphatic hydroxyl groups excluding tert-OH is 1. The Bertz CT molecular complexity index is 1330. The van der Waals surface area contributed by atoms with Crippen molar-refractivity contribution in [3.8, 4) is 22.6 Å². The molecule has 0 fully saturated rings. The normalized spacial score (nSPS) is 13.1. The van der Waals surface area contributed by atoms with Crippen LogP contribution in [0.5, 0.6) is 5.75 Å². The largest absolute Gasteiger partial charge is 0.484 e. The molecule has 11 heteroatoms. The molecule has 176 valence electrons. The number of halogens is 2. The maximum atomic E-state index is 13.6. The first-order valence-electron chi connectivity index (χ1n) is 9.70. The van der Waals surface area contributed by atoms with Gasteiger partial charge in [0.1, 0.15) is 18.5 Å². The molecular weight excluding hydrogens is 519 g/mol. The van der Waals surface area contributed by atoms with Crippen molar-refractivity contribution in [1.29, 1.82) is 0 Å². The summed E-state index contributed by atoms with van der Waals surface area (Å²) in [4.78, 5) is 13.4. The summed E-state index contributed by atoms with van der Waals surface area (Å²) < 4.78 is 43.9. The zero-order valence-corrected chi connectivity index (χ0v) is 20.4. The molecule has 2 aromatic carbocycles. The molecule has 0 spiro atoms. The predicted octanol–water partition coefficient (Wildman–Crippen LogP) is 2.72. The highest BCUT2D eigenvalue weighted by atomic mass is 79.9. The molecule has 1 aromatic heterocycles. The van der Waals surface area contributed by atoms with Crippen LogP contribution in [0.25, 0.3) is 16.8 Å². The van der Waals surface area contributed by atoms with Gasteiger partial charge in [-0.3, -0.25) is 4.79 Å². The molecule has 1 heterocycles. The van der Waals surface area contributed by atoms with Crippen molar-refractivity contribution in [1.82, 2.24) is 9.78 Å². The third kappa shape index (κ3) is 5.67. The fourth-order valence-electron chi connectivity index (χ4n) is 2.83. The van der Waals surface area contributed by atoms with E-state index in [1.807, 2.05) is 0 Å². The molecule has 2 N–H and O–H groups in total. The van der Waals surface area contributed by atoms with Crippen LogP contribution in [0, 0.1) is 5.82 Å². The molecule has 0 bridgehead atoms. The van der Waals surface area contributed by atoms with E-state index in [0.29, 0.717) is 5.56 Å². The molecular formula is C22H22BrFN2O6S. The Morgan fingerprint density at radius 2 is 1.85 bits per heavy atom. The predicted molar refractivity (Wildman–Crippen MR) is 124 cm³/mol. The van der Waals surface area contributed by atoms with E-state index in [2.05, 4.69) is 21.0 Å². The Balaban J connectivity index is 2.13. The lowest BCUT2D eigenvalue weighted by Crippen LogP contribution is -2.40. The number of ether oxygens (including phenoxy) is 1. The number of benzene rings is 2. The van der Waals surface area contributed by atoms with Gasteiger partial charge in [0.25, 0.3) is 0 Å². The minimum Gasteiger partial charge on any atom is -0.484 e. The second kappa shape index (κ2) is 9.34. The van der Waals surface area contributed by atoms with E-state index in [0.717, 1.165) is 10.9 Å². The Kier molecular flexibility index (Phi) is 7.08. The SMILES string of the molecule is CC(C)(O)[C@@H](O)COc1c(-c2ccc(S(C)(=O)=O)cc2)cnn(-c2ccc(F)c(Br)c2)c1=O. The van der Waals surface area contributed by atoms with Crippen LogP contribution >= 0.6 is 15.9 Å². The number of aliphatic hydroxyl groups is 2. The molecule has 0 aliphatic heterocycles. The molecule has 0 saturated carbocycles. The number of nitrogens with zero attached hydrogens (tertiary/aromatic N) is 2. The lowest BCUT2D eigenvalue weighted by atomic mass is 10.0. The van der Waals surface area contributed by atoms with Crippen molar-refractivity contribution in [3.05, 3.63) is 69.3 Å². The first-order chi connectivity index (χ1) is 15.3. The van der Waals surface area contributed by atoms with Crippen LogP contribution in [0.1, 0.15) is 13.8 Å². The number of hydrogen-bond donors (Lipinski definition) is 2. The molecule has 0 aliphatic carbocycles. The minimum atomic E-state index is -3.42. The molecule has 0 unspecified atom stereocenters. The van der Waals surface area contributed by atoms with E-state index in [-0.39, 0.29) is 26.4 Å². The molecule has 33 heavy (non-hydrogen) atoms. The van der Waals surface area contributed by atoms with Crippen molar-refractivity contribution in [2.24, 2.45) is 0 Å². The van der Waals surface area contributed by atoms with Crippen molar-refractivity contribution in [2.45, 2.75) is 30.4 Å². The summed E-state index contributed by atoms with van der Waals surface area (Å²) in [6.07, 6.45) is 1.12. The Morgan fingerprint density at radius 1 is 1.21 bits per heavy atom. The van der Waals surface area contributed by atoms with Crippen LogP contribution in [0.3, 0.4) is 0 Å². The summed E-state index contributed by atoms with van der Waals surface area (Å²) in [5.41, 5.74) is -1.21. The van der Waals surface area contributed by atoms with Gasteiger partial charge in [-0.25, -0.2) is 12.8 Å². The molecule has 0 amide bonds. The van der Waals surface area contributed by atoms with Crippen molar-refractivity contribution >= 4 is 25.8 Å². The maximum Gasteiger partial charge on any atom is 0.314 e. The van der Waals surface area contributed by atoms with E-state index in [1.165, 1.54) is 62.5 Å². The Morgan fingerprint density at radius 3 is 2.39 bits per heavy atom. The highest BCUT2D eigenvalue weighted by Crippen LogP contribution is 2.29. The van der Waals surface area contributed by atoms with Crippen LogP contribution in [-0.2, 0) is 9.84 Å². The van der Waals surface area contributed by atoms with Gasteiger partial charge in [-0.05, 0) is 65.7 Å². The lowest BCUT2D eigenvalue weighted by Gasteiger charge is -2.24. The monoisotopic (exact) mass is 540 g/mol. The topological polar surface area (TPSA) is 119 Å². The molecule has 0 aliphatic rings. The molecule has 3 aromatic rings. The summed E-state index contributed by atoms with van der Waals surface area (Å²) in [6, 6.07) is 9.70. The number of aromatic nitrogens is 2. The molecule has 3 rings (SSSR count). The van der Waals surface area contributed by atoms with Gasteiger partial charge in [-0.1, -0.05) is 12.1 Å². The van der Waals surface area contributed by atoms with Gasteiger partial charge in [0.2, 0.25) is 0 Å². The highest BCUT2D eigenvalue weighted by Gasteiger charge is 2.26. The van der Waals surface area contributed by atoms with Crippen LogP contribution < -0.4 is 10.3 Å². The van der Waals surface area contributed by atoms with Crippen LogP contribution in [-0.4, -0.2) is 53.0 Å². The lowest BCUT2D eigenvalue weighted by molar-refractivity contribution is -0.0663. The molecule has 0 radical (unpaired) electrons. The Hall–Kier alpha value is -2.60. The zero-order chi connectivity index (χ0) is 24.6. The summed E-state index contributed by atoms with van der Waals surface area (Å²) in [6.45, 7) is 2.39. The van der Waals surface area contributed by atoms with Crippen molar-refractivity contribution in [3.63, 3.8) is 0 Å². The van der Waals surface area contributed by atoms with E-state index in [1.54, 1.807) is 0 Å². The first-order valence-corrected chi connectivity index (χ1v) is 12.4. The number of rotatable bonds is 7. The van der Waals surface area contributed by atoms with Gasteiger partial charge in [0, 0.05) is 11.8 Å². The van der Waals surface area contributed by atoms with Gasteiger partial charge < -0.3 is 14.9 Å². The van der Waals surface area contributed by atoms with Crippen molar-refractivity contribution in [2.75, 3.05) is 12.9 Å². The van der Waals surface area contributed by atoms with Gasteiger partial charge in [-0.15, -0.1) is 0 Å². The van der Waals surface area contributed by atoms with Gasteiger partial charge in [0.15, 0.2) is 15.6 Å². The average Bonchev–Trinajstić information content (AvgIpc) is 2.73. The second-order valence-corrected chi connectivity index (χ2v) is 10.8. The van der Waals surface area contributed by atoms with E-state index >= 15 is 0 Å². The smallest absolute Gasteiger partial charge is 0.314 e. The molecule has 0 saturated heterocycles. The van der Waals surface area contributed by atoms with Crippen LogP contribution in [0.15, 0.2) is 62.8 Å². The van der Waals surface area contributed by atoms with E-state index in [9.17, 15) is 27.8 Å². The van der Waals surface area contributed by atoms with Crippen LogP contribution in [0.2, 0.25) is 0 Å². The number of hydrogen-bond acceptors (Lipinski definition) is 7. The summed E-state index contributed by atoms with van der Waals surface area (Å²) in [5.74, 6) is -0.694. The number of sulfone groups is 1. The standard InChI is InChI=1S/C22H22BrFN2O6S/c1-22(2,29)19(27)12-32-20-16(13-4-7-15(8-5-13)33(3,30)31)11-25-26(21(20)28)14-6-9-18(24)17(23)10-14/h4-11,19,27,29H,12H2,1-3H3/t19-/m0/s1. The van der Waals surface area contributed by atoms with Gasteiger partial charge >= 0.3 is 5.56 Å². The molecule has 1 atom stereocenters. The highest BCUT2D eigenvalue weighted by molar-refractivity contribution is 9.10. The summed E-state index contributed by atoms with van der Waals surface area (Å²) >= 11 is 3.07. The van der Waals surface area contributed by atoms with E-state index < -0.39 is 39.5 Å². The maximum absolute atomic E-state index is 13.6. The van der Waals surface area contributed by atoms with E-state index in [4.69, 9.17) is 4.74 Å². The Labute approximate surface area is 198 Å². The third-order valence-corrected chi connectivity index (χ3v) is 6.61. The second-order valence-electron chi connectivity index (χ2n) is 7.98. The zero-order valence-electron chi connectivity index (χ0n) is 18.0.